The van der Waals surface area contributed by atoms with Gasteiger partial charge in [-0.15, -0.1) is 10.2 Å². The molecule has 2 aromatic carbocycles. The van der Waals surface area contributed by atoms with E-state index in [9.17, 15) is 4.79 Å². The van der Waals surface area contributed by atoms with Crippen LogP contribution in [0.2, 0.25) is 0 Å². The van der Waals surface area contributed by atoms with Crippen LogP contribution in [0, 0.1) is 6.92 Å². The van der Waals surface area contributed by atoms with E-state index >= 15 is 0 Å². The van der Waals surface area contributed by atoms with Crippen LogP contribution in [-0.4, -0.2) is 129 Å². The van der Waals surface area contributed by atoms with Crippen molar-refractivity contribution in [1.82, 2.24) is 39.9 Å². The Morgan fingerprint density at radius 2 is 1.19 bits per heavy atom. The second-order valence-electron chi connectivity index (χ2n) is 17.5. The normalized spacial score (nSPS) is 23.3. The third kappa shape index (κ3) is 8.60. The van der Waals surface area contributed by atoms with Gasteiger partial charge in [-0.05, 0) is 91.8 Å². The van der Waals surface area contributed by atoms with Crippen molar-refractivity contribution in [2.24, 2.45) is 5.73 Å². The molecular formula is C47H57N11O4. The SMILES string of the molecule is Cc1nnc(-c2ccc3c(c2)-c2c(ncnc2NC2CCC(N4CCOCC4)CC2)C3)o1.NCC(=O)c1ccc2c(c1)-c1c(ncnc1NC1CCC(N3CCOCC3)CC1)C2. The molecule has 0 radical (unpaired) electrons. The van der Waals surface area contributed by atoms with E-state index in [2.05, 4.69) is 62.7 Å². The quantitative estimate of drug-likeness (QED) is 0.150. The maximum atomic E-state index is 12.1. The second-order valence-corrected chi connectivity index (χ2v) is 17.5. The van der Waals surface area contributed by atoms with Gasteiger partial charge in [0.2, 0.25) is 11.8 Å². The third-order valence-electron chi connectivity index (χ3n) is 13.8. The van der Waals surface area contributed by atoms with Crippen LogP contribution in [0.1, 0.15) is 90.1 Å². The van der Waals surface area contributed by atoms with Crippen LogP contribution in [0.4, 0.5) is 11.6 Å². The summed E-state index contributed by atoms with van der Waals surface area (Å²) in [6, 6.07) is 14.4. The summed E-state index contributed by atoms with van der Waals surface area (Å²) in [5, 5.41) is 15.6. The first-order chi connectivity index (χ1) is 30.5. The Morgan fingerprint density at radius 1 is 0.677 bits per heavy atom. The van der Waals surface area contributed by atoms with Crippen LogP contribution in [0.25, 0.3) is 33.7 Å². The van der Waals surface area contributed by atoms with Gasteiger partial charge < -0.3 is 30.3 Å². The van der Waals surface area contributed by atoms with Crippen LogP contribution in [0.15, 0.2) is 53.5 Å². The Hall–Kier alpha value is -5.19. The minimum atomic E-state index is -0.0426. The molecule has 11 rings (SSSR count). The number of hydrogen-bond acceptors (Lipinski definition) is 15. The van der Waals surface area contributed by atoms with Gasteiger partial charge in [-0.2, -0.15) is 0 Å². The van der Waals surface area contributed by atoms with Crippen molar-refractivity contribution in [3.63, 3.8) is 0 Å². The molecule has 6 aliphatic rings. The minimum Gasteiger partial charge on any atom is -0.421 e. The largest absolute Gasteiger partial charge is 0.421 e. The predicted octanol–water partition coefficient (Wildman–Crippen LogP) is 5.71. The first-order valence-electron chi connectivity index (χ1n) is 22.6. The smallest absolute Gasteiger partial charge is 0.247 e. The highest BCUT2D eigenvalue weighted by molar-refractivity contribution is 6.00. The van der Waals surface area contributed by atoms with Gasteiger partial charge in [-0.25, -0.2) is 19.9 Å². The molecule has 0 atom stereocenters. The van der Waals surface area contributed by atoms with E-state index in [1.807, 2.05) is 31.2 Å². The Kier molecular flexibility index (Phi) is 12.0. The summed E-state index contributed by atoms with van der Waals surface area (Å²) in [6.45, 7) is 9.55. The number of aryl methyl sites for hydroxylation is 1. The third-order valence-corrected chi connectivity index (χ3v) is 13.8. The van der Waals surface area contributed by atoms with Crippen LogP contribution < -0.4 is 16.4 Å². The molecule has 4 N–H and O–H groups in total. The van der Waals surface area contributed by atoms with Gasteiger partial charge in [-0.3, -0.25) is 14.6 Å². The number of nitrogens with two attached hydrogens (primary N) is 1. The van der Waals surface area contributed by atoms with E-state index in [0.29, 0.717) is 41.5 Å². The molecule has 2 saturated carbocycles. The predicted molar refractivity (Wildman–Crippen MR) is 236 cm³/mol. The fourth-order valence-electron chi connectivity index (χ4n) is 10.5. The summed E-state index contributed by atoms with van der Waals surface area (Å²) in [5.74, 6) is 2.92. The molecule has 2 aliphatic heterocycles. The van der Waals surface area contributed by atoms with Crippen molar-refractivity contribution in [1.29, 1.82) is 0 Å². The average molecular weight is 840 g/mol. The van der Waals surface area contributed by atoms with Crippen molar-refractivity contribution in [3.05, 3.63) is 83.0 Å². The molecule has 62 heavy (non-hydrogen) atoms. The molecule has 2 saturated heterocycles. The van der Waals surface area contributed by atoms with Gasteiger partial charge >= 0.3 is 0 Å². The number of carbonyl (C=O) groups excluding carboxylic acids is 1. The highest BCUT2D eigenvalue weighted by Crippen LogP contribution is 2.43. The molecule has 4 fully saturated rings. The van der Waals surface area contributed by atoms with E-state index in [1.165, 1.54) is 42.4 Å². The summed E-state index contributed by atoms with van der Waals surface area (Å²) >= 11 is 0. The lowest BCUT2D eigenvalue weighted by atomic mass is 9.89. The lowest BCUT2D eigenvalue weighted by Crippen LogP contribution is -2.46. The first-order valence-corrected chi connectivity index (χ1v) is 22.6. The average Bonchev–Trinajstić information content (AvgIpc) is 4.05. The van der Waals surface area contributed by atoms with Crippen LogP contribution in [-0.2, 0) is 22.3 Å². The summed E-state index contributed by atoms with van der Waals surface area (Å²) in [7, 11) is 0. The second kappa shape index (κ2) is 18.3. The van der Waals surface area contributed by atoms with Crippen LogP contribution in [0.3, 0.4) is 0 Å². The molecule has 0 unspecified atom stereocenters. The van der Waals surface area contributed by atoms with Crippen molar-refractivity contribution >= 4 is 17.4 Å². The molecule has 15 nitrogen and oxygen atoms in total. The number of Topliss-reactive ketones (excluding diaryl/α,β-unsaturated/α-hetero) is 1. The lowest BCUT2D eigenvalue weighted by Gasteiger charge is -2.39. The van der Waals surface area contributed by atoms with E-state index in [-0.39, 0.29) is 12.3 Å². The number of rotatable bonds is 9. The summed E-state index contributed by atoms with van der Waals surface area (Å²) in [5.41, 5.74) is 16.1. The summed E-state index contributed by atoms with van der Waals surface area (Å²) < 4.78 is 16.7. The standard InChI is InChI=1S/C24H28N6O2.C23H29N5O2/c1-15-28-29-24(32-15)17-3-2-16-13-21-22(20(16)12-17)23(26-14-25-21)27-18-4-6-19(7-5-18)30-8-10-31-11-9-30;24-13-21(29)16-2-1-15-12-20-22(19(15)11-16)23(26-14-25-20)27-17-3-5-18(6-4-17)28-7-9-30-10-8-28/h2-3,12,14,18-19H,4-11,13H2,1H3,(H,25,26,27);1-2,11,14,17-18H,3-10,12-13,24H2,(H,25,26,27). The molecule has 5 aromatic rings. The van der Waals surface area contributed by atoms with Gasteiger partial charge in [0, 0.05) is 92.4 Å². The van der Waals surface area contributed by atoms with E-state index < -0.39 is 0 Å². The number of anilines is 2. The van der Waals surface area contributed by atoms with Gasteiger partial charge in [0.15, 0.2) is 5.78 Å². The number of fused-ring (bicyclic) bond motifs is 6. The highest BCUT2D eigenvalue weighted by atomic mass is 16.5. The number of nitrogens with zero attached hydrogens (tertiary/aromatic N) is 8. The Morgan fingerprint density at radius 3 is 1.69 bits per heavy atom. The van der Waals surface area contributed by atoms with Gasteiger partial charge in [-0.1, -0.05) is 18.2 Å². The molecule has 4 aliphatic carbocycles. The zero-order valence-electron chi connectivity index (χ0n) is 35.7. The van der Waals surface area contributed by atoms with E-state index in [1.54, 1.807) is 12.7 Å². The molecular weight excluding hydrogens is 783 g/mol. The van der Waals surface area contributed by atoms with Crippen LogP contribution >= 0.6 is 0 Å². The van der Waals surface area contributed by atoms with Crippen molar-refractivity contribution in [3.8, 4) is 33.7 Å². The maximum absolute atomic E-state index is 12.1. The molecule has 15 heteroatoms. The Balaban J connectivity index is 0.000000148. The highest BCUT2D eigenvalue weighted by Gasteiger charge is 2.32. The minimum absolute atomic E-state index is 0.0222. The number of hydrogen-bond donors (Lipinski definition) is 3. The van der Waals surface area contributed by atoms with Gasteiger partial charge in [0.25, 0.3) is 0 Å². The number of ketones is 1. The number of carbonyl (C=O) groups is 1. The topological polar surface area (TPSA) is 183 Å². The van der Waals surface area contributed by atoms with E-state index in [4.69, 9.17) is 19.6 Å². The monoisotopic (exact) mass is 839 g/mol. The number of aromatic nitrogens is 6. The maximum Gasteiger partial charge on any atom is 0.247 e. The van der Waals surface area contributed by atoms with E-state index in [0.717, 1.165) is 136 Å². The molecule has 0 spiro atoms. The number of morpholine rings is 2. The number of nitrogens with one attached hydrogen (secondary N) is 2. The van der Waals surface area contributed by atoms with Crippen molar-refractivity contribution < 1.29 is 18.7 Å². The fraction of sp³-hybridized carbons (Fsp3) is 0.511. The van der Waals surface area contributed by atoms with Crippen molar-refractivity contribution in [2.45, 2.75) is 95.3 Å². The summed E-state index contributed by atoms with van der Waals surface area (Å²) in [4.78, 5) is 35.7. The molecule has 0 amide bonds. The lowest BCUT2D eigenvalue weighted by molar-refractivity contribution is 0.00788. The molecule has 3 aromatic heterocycles. The molecule has 5 heterocycles. The zero-order valence-corrected chi connectivity index (χ0v) is 35.7. The molecule has 324 valence electrons. The Labute approximate surface area is 362 Å². The Bertz CT molecular complexity index is 2380. The first kappa shape index (κ1) is 40.9. The van der Waals surface area contributed by atoms with Gasteiger partial charge in [0.05, 0.1) is 44.4 Å². The zero-order chi connectivity index (χ0) is 42.0. The molecule has 0 bridgehead atoms. The summed E-state index contributed by atoms with van der Waals surface area (Å²) in [6.07, 6.45) is 14.4. The van der Waals surface area contributed by atoms with Crippen LogP contribution in [0.5, 0.6) is 0 Å². The number of benzene rings is 2. The van der Waals surface area contributed by atoms with Gasteiger partial charge in [0.1, 0.15) is 24.3 Å². The number of ether oxygens (including phenoxy) is 2. The fourth-order valence-corrected chi connectivity index (χ4v) is 10.5. The van der Waals surface area contributed by atoms with Crippen molar-refractivity contribution in [2.75, 3.05) is 69.8 Å².